The van der Waals surface area contributed by atoms with Crippen molar-refractivity contribution in [2.45, 2.75) is 19.9 Å². The summed E-state index contributed by atoms with van der Waals surface area (Å²) in [6, 6.07) is 16.5. The maximum Gasteiger partial charge on any atom is 0.317 e. The fraction of sp³-hybridized carbons (Fsp3) is 0.364. The Morgan fingerprint density at radius 3 is 2.61 bits per heavy atom. The lowest BCUT2D eigenvalue weighted by molar-refractivity contribution is 0.129. The third-order valence-corrected chi connectivity index (χ3v) is 5.08. The van der Waals surface area contributed by atoms with Gasteiger partial charge in [0.05, 0.1) is 6.54 Å². The van der Waals surface area contributed by atoms with Crippen LogP contribution in [0.5, 0.6) is 0 Å². The summed E-state index contributed by atoms with van der Waals surface area (Å²) in [7, 11) is 0. The Bertz CT molecular complexity index is 930. The predicted molar refractivity (Wildman–Crippen MR) is 110 cm³/mol. The molecule has 1 aromatic heterocycles. The molecular formula is C22H26N4O2. The molecule has 1 saturated heterocycles. The Morgan fingerprint density at radius 2 is 1.86 bits per heavy atom. The fourth-order valence-electron chi connectivity index (χ4n) is 3.50. The van der Waals surface area contributed by atoms with Crippen molar-refractivity contribution in [3.63, 3.8) is 0 Å². The Morgan fingerprint density at radius 1 is 1.07 bits per heavy atom. The van der Waals surface area contributed by atoms with Crippen LogP contribution in [0.3, 0.4) is 0 Å². The summed E-state index contributed by atoms with van der Waals surface area (Å²) in [6.45, 7) is 6.57. The quantitative estimate of drug-likeness (QED) is 0.735. The van der Waals surface area contributed by atoms with Crippen LogP contribution >= 0.6 is 0 Å². The van der Waals surface area contributed by atoms with Gasteiger partial charge in [-0.05, 0) is 29.7 Å². The van der Waals surface area contributed by atoms with E-state index in [-0.39, 0.29) is 6.03 Å². The van der Waals surface area contributed by atoms with Gasteiger partial charge in [0.2, 0.25) is 5.89 Å². The van der Waals surface area contributed by atoms with E-state index in [1.54, 1.807) is 0 Å². The molecule has 3 aromatic rings. The van der Waals surface area contributed by atoms with Crippen LogP contribution in [0, 0.1) is 0 Å². The van der Waals surface area contributed by atoms with Gasteiger partial charge in [0.25, 0.3) is 0 Å². The van der Waals surface area contributed by atoms with E-state index in [0.717, 1.165) is 61.7 Å². The third kappa shape index (κ3) is 4.17. The van der Waals surface area contributed by atoms with E-state index in [4.69, 9.17) is 4.42 Å². The highest BCUT2D eigenvalue weighted by Gasteiger charge is 2.22. The molecule has 6 heteroatoms. The van der Waals surface area contributed by atoms with Crippen LogP contribution < -0.4 is 5.32 Å². The van der Waals surface area contributed by atoms with Gasteiger partial charge in [0.1, 0.15) is 5.52 Å². The maximum absolute atomic E-state index is 12.1. The number of urea groups is 1. The second kappa shape index (κ2) is 8.44. The number of fused-ring (bicyclic) bond motifs is 1. The first-order valence-corrected chi connectivity index (χ1v) is 9.93. The number of oxazole rings is 1. The van der Waals surface area contributed by atoms with Gasteiger partial charge in [-0.3, -0.25) is 4.90 Å². The summed E-state index contributed by atoms with van der Waals surface area (Å²) in [4.78, 5) is 20.9. The Hall–Kier alpha value is -2.86. The second-order valence-corrected chi connectivity index (χ2v) is 7.15. The molecule has 1 aliphatic heterocycles. The number of amides is 2. The molecule has 2 amide bonds. The zero-order chi connectivity index (χ0) is 19.3. The number of carbonyl (C=O) groups is 1. The average molecular weight is 378 g/mol. The fourth-order valence-corrected chi connectivity index (χ4v) is 3.50. The SMILES string of the molecule is CCCNC(=O)N1CCN(Cc2nc3cc(-c4ccccc4)ccc3o2)CC1. The van der Waals surface area contributed by atoms with E-state index in [0.29, 0.717) is 6.54 Å². The lowest BCUT2D eigenvalue weighted by Crippen LogP contribution is -2.51. The normalized spacial score (nSPS) is 15.1. The first-order valence-electron chi connectivity index (χ1n) is 9.93. The van der Waals surface area contributed by atoms with Crippen LogP contribution in [-0.2, 0) is 6.54 Å². The first-order chi connectivity index (χ1) is 13.7. The van der Waals surface area contributed by atoms with Crippen molar-refractivity contribution in [1.29, 1.82) is 0 Å². The van der Waals surface area contributed by atoms with E-state index in [2.05, 4.69) is 46.4 Å². The summed E-state index contributed by atoms with van der Waals surface area (Å²) < 4.78 is 5.94. The van der Waals surface area contributed by atoms with Crippen molar-refractivity contribution in [2.24, 2.45) is 0 Å². The average Bonchev–Trinajstić information content (AvgIpc) is 3.14. The van der Waals surface area contributed by atoms with Crippen LogP contribution in [0.4, 0.5) is 4.79 Å². The number of rotatable bonds is 5. The molecule has 0 unspecified atom stereocenters. The molecule has 1 N–H and O–H groups in total. The van der Waals surface area contributed by atoms with Gasteiger partial charge in [0, 0.05) is 32.7 Å². The number of benzene rings is 2. The maximum atomic E-state index is 12.1. The van der Waals surface area contributed by atoms with Crippen LogP contribution in [-0.4, -0.2) is 53.5 Å². The van der Waals surface area contributed by atoms with Gasteiger partial charge in [-0.1, -0.05) is 43.3 Å². The van der Waals surface area contributed by atoms with E-state index >= 15 is 0 Å². The molecule has 0 bridgehead atoms. The summed E-state index contributed by atoms with van der Waals surface area (Å²) in [5, 5.41) is 2.94. The van der Waals surface area contributed by atoms with Crippen LogP contribution in [0.15, 0.2) is 52.9 Å². The Kier molecular flexibility index (Phi) is 5.58. The van der Waals surface area contributed by atoms with E-state index in [1.807, 2.05) is 29.2 Å². The minimum Gasteiger partial charge on any atom is -0.439 e. The lowest BCUT2D eigenvalue weighted by atomic mass is 10.1. The molecule has 1 fully saturated rings. The molecule has 0 atom stereocenters. The highest BCUT2D eigenvalue weighted by Crippen LogP contribution is 2.25. The van der Waals surface area contributed by atoms with Crippen molar-refractivity contribution in [3.8, 4) is 11.1 Å². The van der Waals surface area contributed by atoms with Gasteiger partial charge >= 0.3 is 6.03 Å². The van der Waals surface area contributed by atoms with E-state index in [1.165, 1.54) is 5.56 Å². The van der Waals surface area contributed by atoms with Crippen molar-refractivity contribution < 1.29 is 9.21 Å². The number of nitrogens with zero attached hydrogens (tertiary/aromatic N) is 3. The van der Waals surface area contributed by atoms with Crippen LogP contribution in [0.25, 0.3) is 22.2 Å². The number of hydrogen-bond donors (Lipinski definition) is 1. The number of aromatic nitrogens is 1. The molecule has 1 aliphatic rings. The van der Waals surface area contributed by atoms with Gasteiger partial charge in [-0.2, -0.15) is 0 Å². The number of carbonyl (C=O) groups excluding carboxylic acids is 1. The monoisotopic (exact) mass is 378 g/mol. The van der Waals surface area contributed by atoms with Crippen LogP contribution in [0.1, 0.15) is 19.2 Å². The van der Waals surface area contributed by atoms with Crippen molar-refractivity contribution >= 4 is 17.1 Å². The molecule has 6 nitrogen and oxygen atoms in total. The van der Waals surface area contributed by atoms with Gasteiger partial charge in [-0.25, -0.2) is 9.78 Å². The molecule has 0 saturated carbocycles. The Balaban J connectivity index is 1.38. The minimum absolute atomic E-state index is 0.0387. The smallest absolute Gasteiger partial charge is 0.317 e. The van der Waals surface area contributed by atoms with Gasteiger partial charge in [0.15, 0.2) is 5.58 Å². The molecule has 28 heavy (non-hydrogen) atoms. The molecule has 146 valence electrons. The molecule has 0 spiro atoms. The zero-order valence-corrected chi connectivity index (χ0v) is 16.2. The minimum atomic E-state index is 0.0387. The number of piperazine rings is 1. The standard InChI is InChI=1S/C22H26N4O2/c1-2-10-23-22(27)26-13-11-25(12-14-26)16-21-24-19-15-18(8-9-20(19)28-21)17-6-4-3-5-7-17/h3-9,15H,2,10-14,16H2,1H3,(H,23,27). The summed E-state index contributed by atoms with van der Waals surface area (Å²) in [6.07, 6.45) is 0.954. The molecule has 2 heterocycles. The van der Waals surface area contributed by atoms with Crippen molar-refractivity contribution in [1.82, 2.24) is 20.1 Å². The van der Waals surface area contributed by atoms with Gasteiger partial charge in [-0.15, -0.1) is 0 Å². The third-order valence-electron chi connectivity index (χ3n) is 5.08. The molecular weight excluding hydrogens is 352 g/mol. The molecule has 4 rings (SSSR count). The van der Waals surface area contributed by atoms with Crippen molar-refractivity contribution in [2.75, 3.05) is 32.7 Å². The highest BCUT2D eigenvalue weighted by molar-refractivity contribution is 5.80. The second-order valence-electron chi connectivity index (χ2n) is 7.15. The molecule has 0 aliphatic carbocycles. The predicted octanol–water partition coefficient (Wildman–Crippen LogP) is 3.73. The zero-order valence-electron chi connectivity index (χ0n) is 16.2. The number of hydrogen-bond acceptors (Lipinski definition) is 4. The highest BCUT2D eigenvalue weighted by atomic mass is 16.3. The largest absolute Gasteiger partial charge is 0.439 e. The summed E-state index contributed by atoms with van der Waals surface area (Å²) >= 11 is 0. The first kappa shape index (κ1) is 18.5. The Labute approximate surface area is 165 Å². The molecule has 0 radical (unpaired) electrons. The topological polar surface area (TPSA) is 61.6 Å². The van der Waals surface area contributed by atoms with Gasteiger partial charge < -0.3 is 14.6 Å². The molecule has 2 aromatic carbocycles. The number of nitrogens with one attached hydrogen (secondary N) is 1. The van der Waals surface area contributed by atoms with Crippen LogP contribution in [0.2, 0.25) is 0 Å². The van der Waals surface area contributed by atoms with Crippen molar-refractivity contribution in [3.05, 3.63) is 54.4 Å². The van der Waals surface area contributed by atoms with E-state index in [9.17, 15) is 4.79 Å². The summed E-state index contributed by atoms with van der Waals surface area (Å²) in [5.74, 6) is 0.726. The summed E-state index contributed by atoms with van der Waals surface area (Å²) in [5.41, 5.74) is 4.01. The lowest BCUT2D eigenvalue weighted by Gasteiger charge is -2.33. The van der Waals surface area contributed by atoms with E-state index < -0.39 is 0 Å².